The molecule has 174 valence electrons. The molecule has 3 nitrogen and oxygen atoms in total. The number of benzene rings is 2. The first-order valence-electron chi connectivity index (χ1n) is 11.6. The number of hydrogen-bond donors (Lipinski definition) is 0. The molecule has 6 heteroatoms. The molecule has 0 aliphatic carbocycles. The Labute approximate surface area is 218 Å². The second-order valence-electron chi connectivity index (χ2n) is 7.79. The van der Waals surface area contributed by atoms with E-state index in [-0.39, 0.29) is 0 Å². The normalized spacial score (nSPS) is 10.1. The SMILES string of the molecule is CCCCc1ccccc1[N-]Cc1cccc(C[N-]c2ccccc2CCCC)n1.[Cl][Zr+2][Cl]. The van der Waals surface area contributed by atoms with E-state index in [0.717, 1.165) is 35.6 Å². The maximum absolute atomic E-state index is 4.93. The Morgan fingerprint density at radius 1 is 0.667 bits per heavy atom. The number of halogens is 2. The second kappa shape index (κ2) is 17.1. The summed E-state index contributed by atoms with van der Waals surface area (Å²) in [7, 11) is 9.87. The van der Waals surface area contributed by atoms with E-state index in [1.165, 1.54) is 36.8 Å². The fourth-order valence-electron chi connectivity index (χ4n) is 3.53. The molecule has 0 fully saturated rings. The van der Waals surface area contributed by atoms with Crippen LogP contribution in [0, 0.1) is 0 Å². The number of nitrogens with zero attached hydrogens (tertiary/aromatic N) is 3. The van der Waals surface area contributed by atoms with E-state index in [1.54, 1.807) is 0 Å². The van der Waals surface area contributed by atoms with Crippen molar-refractivity contribution in [1.82, 2.24) is 4.98 Å². The van der Waals surface area contributed by atoms with E-state index in [0.29, 0.717) is 13.1 Å². The van der Waals surface area contributed by atoms with E-state index in [4.69, 9.17) is 32.6 Å². The third-order valence-corrected chi connectivity index (χ3v) is 5.27. The zero-order valence-corrected chi connectivity index (χ0v) is 23.6. The number of aromatic nitrogens is 1. The third-order valence-electron chi connectivity index (χ3n) is 5.27. The molecule has 0 saturated carbocycles. The Morgan fingerprint density at radius 2 is 1.09 bits per heavy atom. The number of unbranched alkanes of at least 4 members (excludes halogenated alkanes) is 2. The summed E-state index contributed by atoms with van der Waals surface area (Å²) in [5.41, 5.74) is 6.82. The molecule has 0 unspecified atom stereocenters. The number of pyridine rings is 1. The van der Waals surface area contributed by atoms with Crippen LogP contribution < -0.4 is 0 Å². The van der Waals surface area contributed by atoms with Gasteiger partial charge in [0, 0.05) is 11.4 Å². The molecule has 0 saturated heterocycles. The van der Waals surface area contributed by atoms with Gasteiger partial charge < -0.3 is 10.6 Å². The summed E-state index contributed by atoms with van der Waals surface area (Å²) in [4.78, 5) is 4.80. The number of aryl methyl sites for hydroxylation is 2. The van der Waals surface area contributed by atoms with Crippen LogP contribution in [0.5, 0.6) is 0 Å². The Balaban J connectivity index is 0.00000122. The van der Waals surface area contributed by atoms with Gasteiger partial charge in [0.05, 0.1) is 0 Å². The molecule has 0 amide bonds. The Morgan fingerprint density at radius 3 is 1.52 bits per heavy atom. The Hall–Kier alpha value is -1.35. The maximum atomic E-state index is 4.93. The van der Waals surface area contributed by atoms with Gasteiger partial charge in [0.1, 0.15) is 0 Å². The van der Waals surface area contributed by atoms with Gasteiger partial charge >= 0.3 is 37.9 Å². The molecule has 2 aromatic carbocycles. The van der Waals surface area contributed by atoms with Crippen molar-refractivity contribution in [2.75, 3.05) is 0 Å². The molecule has 3 rings (SSSR count). The summed E-state index contributed by atoms with van der Waals surface area (Å²) in [6.45, 7) is 5.65. The van der Waals surface area contributed by atoms with Crippen LogP contribution in [0.1, 0.15) is 62.0 Å². The van der Waals surface area contributed by atoms with Gasteiger partial charge in [-0.15, -0.1) is 11.4 Å². The topological polar surface area (TPSA) is 41.1 Å². The monoisotopic (exact) mass is 559 g/mol. The van der Waals surface area contributed by atoms with Crippen molar-refractivity contribution >= 4 is 28.4 Å². The van der Waals surface area contributed by atoms with Gasteiger partial charge in [-0.05, 0) is 37.8 Å². The van der Waals surface area contributed by atoms with Crippen LogP contribution in [0.15, 0.2) is 66.7 Å². The summed E-state index contributed by atoms with van der Waals surface area (Å²) < 4.78 is 0. The van der Waals surface area contributed by atoms with Crippen LogP contribution in [-0.4, -0.2) is 4.98 Å². The van der Waals surface area contributed by atoms with Crippen LogP contribution in [0.25, 0.3) is 10.6 Å². The van der Waals surface area contributed by atoms with Gasteiger partial charge in [0.25, 0.3) is 0 Å². The van der Waals surface area contributed by atoms with Crippen LogP contribution >= 0.6 is 17.0 Å². The summed E-state index contributed by atoms with van der Waals surface area (Å²) in [5.74, 6) is 0. The van der Waals surface area contributed by atoms with Gasteiger partial charge in [-0.25, -0.2) is 0 Å². The average molecular weight is 562 g/mol. The first-order valence-corrected chi connectivity index (χ1v) is 18.0. The van der Waals surface area contributed by atoms with Gasteiger partial charge in [-0.3, -0.25) is 4.98 Å². The van der Waals surface area contributed by atoms with Crippen molar-refractivity contribution in [3.8, 4) is 0 Å². The molecule has 0 atom stereocenters. The molecular formula is C27H33Cl2N3Zr. The van der Waals surface area contributed by atoms with E-state index in [9.17, 15) is 0 Å². The molecule has 0 bridgehead atoms. The molecular weight excluding hydrogens is 528 g/mol. The second-order valence-corrected chi connectivity index (χ2v) is 11.5. The number of para-hydroxylation sites is 2. The quantitative estimate of drug-likeness (QED) is 0.217. The minimum atomic E-state index is -0.826. The van der Waals surface area contributed by atoms with Gasteiger partial charge in [-0.1, -0.05) is 106 Å². The minimum absolute atomic E-state index is 0.601. The fourth-order valence-corrected chi connectivity index (χ4v) is 3.53. The van der Waals surface area contributed by atoms with Crippen molar-refractivity contribution in [3.05, 3.63) is 99.9 Å². The Kier molecular flexibility index (Phi) is 14.5. The number of rotatable bonds is 12. The van der Waals surface area contributed by atoms with Crippen molar-refractivity contribution in [2.24, 2.45) is 0 Å². The standard InChI is InChI=1S/C27H33N3.2ClH.Zr/c1-3-5-12-22-14-7-9-18-26(22)28-20-24-16-11-17-25(30-24)21-29-27-19-10-8-15-23(27)13-6-4-2;;;/h7-11,14-19H,3-6,12-13,20-21H2,1-2H3;2*1H;/q-2;;;+4/p-2. The summed E-state index contributed by atoms with van der Waals surface area (Å²) >= 11 is -0.826. The zero-order chi connectivity index (χ0) is 23.7. The van der Waals surface area contributed by atoms with Gasteiger partial charge in [0.2, 0.25) is 0 Å². The van der Waals surface area contributed by atoms with Crippen LogP contribution in [-0.2, 0) is 46.8 Å². The van der Waals surface area contributed by atoms with E-state index >= 15 is 0 Å². The molecule has 3 aromatic rings. The predicted molar refractivity (Wildman–Crippen MR) is 139 cm³/mol. The first kappa shape index (κ1) is 27.9. The first-order chi connectivity index (χ1) is 16.2. The van der Waals surface area contributed by atoms with E-state index in [1.807, 2.05) is 0 Å². The van der Waals surface area contributed by atoms with Crippen LogP contribution in [0.3, 0.4) is 0 Å². The molecule has 1 aromatic heterocycles. The number of hydrogen-bond acceptors (Lipinski definition) is 1. The molecule has 1 heterocycles. The summed E-state index contributed by atoms with van der Waals surface area (Å²) in [6.07, 6.45) is 6.95. The fraction of sp³-hybridized carbons (Fsp3) is 0.370. The molecule has 0 aliphatic rings. The molecule has 0 N–H and O–H groups in total. The van der Waals surface area contributed by atoms with E-state index < -0.39 is 20.8 Å². The summed E-state index contributed by atoms with van der Waals surface area (Å²) in [5, 5.41) is 9.69. The summed E-state index contributed by atoms with van der Waals surface area (Å²) in [6, 6.07) is 23.1. The Bertz CT molecular complexity index is 866. The average Bonchev–Trinajstić information content (AvgIpc) is 2.85. The van der Waals surface area contributed by atoms with Crippen LogP contribution in [0.2, 0.25) is 0 Å². The van der Waals surface area contributed by atoms with E-state index in [2.05, 4.69) is 80.6 Å². The van der Waals surface area contributed by atoms with Crippen LogP contribution in [0.4, 0.5) is 11.4 Å². The molecule has 0 aliphatic heterocycles. The molecule has 0 radical (unpaired) electrons. The van der Waals surface area contributed by atoms with Crippen molar-refractivity contribution in [1.29, 1.82) is 0 Å². The van der Waals surface area contributed by atoms with Crippen molar-refractivity contribution in [2.45, 2.75) is 65.5 Å². The van der Waals surface area contributed by atoms with Crippen molar-refractivity contribution in [3.63, 3.8) is 0 Å². The van der Waals surface area contributed by atoms with Crippen molar-refractivity contribution < 1.29 is 20.8 Å². The predicted octanol–water partition coefficient (Wildman–Crippen LogP) is 9.55. The molecule has 0 spiro atoms. The third kappa shape index (κ3) is 10.6. The molecule has 33 heavy (non-hydrogen) atoms. The zero-order valence-electron chi connectivity index (χ0n) is 19.6. The van der Waals surface area contributed by atoms with Gasteiger partial charge in [0.15, 0.2) is 0 Å². The van der Waals surface area contributed by atoms with Gasteiger partial charge in [-0.2, -0.15) is 0 Å².